The SMILES string of the molecule is Cc1cc(NCCO)c(F)cc1[N+](=O)[O-]. The number of aliphatic hydroxyl groups is 1. The number of rotatable bonds is 4. The van der Waals surface area contributed by atoms with Crippen LogP contribution in [0.15, 0.2) is 12.1 Å². The van der Waals surface area contributed by atoms with Gasteiger partial charge in [0, 0.05) is 12.1 Å². The molecule has 0 spiro atoms. The molecule has 5 nitrogen and oxygen atoms in total. The van der Waals surface area contributed by atoms with E-state index in [4.69, 9.17) is 5.11 Å². The molecule has 0 amide bonds. The molecule has 0 saturated carbocycles. The summed E-state index contributed by atoms with van der Waals surface area (Å²) in [5, 5.41) is 21.6. The Bertz CT molecular complexity index is 382. The van der Waals surface area contributed by atoms with Gasteiger partial charge in [0.2, 0.25) is 0 Å². The van der Waals surface area contributed by atoms with Crippen LogP contribution in [0.2, 0.25) is 0 Å². The van der Waals surface area contributed by atoms with Gasteiger partial charge in [0.15, 0.2) is 5.82 Å². The van der Waals surface area contributed by atoms with Crippen LogP contribution in [0.4, 0.5) is 15.8 Å². The van der Waals surface area contributed by atoms with Crippen molar-refractivity contribution in [2.75, 3.05) is 18.5 Å². The van der Waals surface area contributed by atoms with Crippen molar-refractivity contribution in [2.45, 2.75) is 6.92 Å². The van der Waals surface area contributed by atoms with Gasteiger partial charge in [-0.05, 0) is 13.0 Å². The summed E-state index contributed by atoms with van der Waals surface area (Å²) in [6.45, 7) is 1.60. The summed E-state index contributed by atoms with van der Waals surface area (Å²) >= 11 is 0. The second kappa shape index (κ2) is 4.70. The molecule has 0 radical (unpaired) electrons. The van der Waals surface area contributed by atoms with Crippen molar-refractivity contribution in [3.05, 3.63) is 33.6 Å². The van der Waals surface area contributed by atoms with Crippen LogP contribution < -0.4 is 5.32 Å². The molecule has 0 atom stereocenters. The number of hydrogen-bond acceptors (Lipinski definition) is 4. The fourth-order valence-corrected chi connectivity index (χ4v) is 1.19. The molecule has 0 aromatic heterocycles. The van der Waals surface area contributed by atoms with E-state index >= 15 is 0 Å². The smallest absolute Gasteiger partial charge is 0.275 e. The van der Waals surface area contributed by atoms with E-state index in [1.54, 1.807) is 0 Å². The van der Waals surface area contributed by atoms with Gasteiger partial charge < -0.3 is 10.4 Å². The maximum atomic E-state index is 13.3. The molecule has 1 aromatic carbocycles. The molecular weight excluding hydrogens is 203 g/mol. The minimum atomic E-state index is -0.694. The third-order valence-corrected chi connectivity index (χ3v) is 1.91. The lowest BCUT2D eigenvalue weighted by atomic mass is 10.1. The molecule has 82 valence electrons. The Morgan fingerprint density at radius 1 is 1.60 bits per heavy atom. The van der Waals surface area contributed by atoms with E-state index < -0.39 is 10.7 Å². The number of anilines is 1. The second-order valence-electron chi connectivity index (χ2n) is 3.03. The Morgan fingerprint density at radius 3 is 2.80 bits per heavy atom. The second-order valence-corrected chi connectivity index (χ2v) is 3.03. The normalized spacial score (nSPS) is 10.1. The van der Waals surface area contributed by atoms with Crippen LogP contribution in [0.3, 0.4) is 0 Å². The summed E-state index contributed by atoms with van der Waals surface area (Å²) in [6.07, 6.45) is 0. The van der Waals surface area contributed by atoms with Crippen LogP contribution >= 0.6 is 0 Å². The highest BCUT2D eigenvalue weighted by molar-refractivity contribution is 5.54. The van der Waals surface area contributed by atoms with E-state index in [2.05, 4.69) is 5.32 Å². The van der Waals surface area contributed by atoms with Crippen LogP contribution in [0, 0.1) is 22.9 Å². The van der Waals surface area contributed by atoms with E-state index in [9.17, 15) is 14.5 Å². The van der Waals surface area contributed by atoms with Crippen molar-refractivity contribution in [1.82, 2.24) is 0 Å². The first kappa shape index (κ1) is 11.4. The van der Waals surface area contributed by atoms with E-state index in [0.29, 0.717) is 5.56 Å². The van der Waals surface area contributed by atoms with Crippen molar-refractivity contribution in [3.63, 3.8) is 0 Å². The van der Waals surface area contributed by atoms with Crippen LogP contribution in [0.25, 0.3) is 0 Å². The highest BCUT2D eigenvalue weighted by Crippen LogP contribution is 2.24. The van der Waals surface area contributed by atoms with Gasteiger partial charge in [-0.15, -0.1) is 0 Å². The minimum Gasteiger partial charge on any atom is -0.395 e. The van der Waals surface area contributed by atoms with Crippen LogP contribution in [0.1, 0.15) is 5.56 Å². The Hall–Kier alpha value is -1.69. The van der Waals surface area contributed by atoms with Crippen LogP contribution in [-0.2, 0) is 0 Å². The van der Waals surface area contributed by atoms with E-state index in [-0.39, 0.29) is 24.5 Å². The third-order valence-electron chi connectivity index (χ3n) is 1.91. The van der Waals surface area contributed by atoms with Crippen molar-refractivity contribution in [1.29, 1.82) is 0 Å². The number of aliphatic hydroxyl groups excluding tert-OH is 1. The maximum Gasteiger partial charge on any atom is 0.275 e. The number of nitrogens with zero attached hydrogens (tertiary/aromatic N) is 1. The first-order chi connectivity index (χ1) is 7.06. The van der Waals surface area contributed by atoms with Crippen molar-refractivity contribution < 1.29 is 14.4 Å². The molecule has 0 aliphatic heterocycles. The molecule has 15 heavy (non-hydrogen) atoms. The van der Waals surface area contributed by atoms with Gasteiger partial charge in [0.05, 0.1) is 23.3 Å². The number of hydrogen-bond donors (Lipinski definition) is 2. The Labute approximate surface area is 85.7 Å². The summed E-state index contributed by atoms with van der Waals surface area (Å²) in [7, 11) is 0. The average Bonchev–Trinajstić information content (AvgIpc) is 2.18. The lowest BCUT2D eigenvalue weighted by Gasteiger charge is -2.07. The molecule has 0 unspecified atom stereocenters. The number of aryl methyl sites for hydroxylation is 1. The van der Waals surface area contributed by atoms with Gasteiger partial charge in [-0.1, -0.05) is 0 Å². The zero-order chi connectivity index (χ0) is 11.4. The zero-order valence-corrected chi connectivity index (χ0v) is 8.16. The van der Waals surface area contributed by atoms with Crippen molar-refractivity contribution in [3.8, 4) is 0 Å². The number of nitro benzene ring substituents is 1. The molecule has 0 fully saturated rings. The van der Waals surface area contributed by atoms with Crippen LogP contribution in [-0.4, -0.2) is 23.2 Å². The molecule has 6 heteroatoms. The largest absolute Gasteiger partial charge is 0.395 e. The molecule has 0 bridgehead atoms. The van der Waals surface area contributed by atoms with Crippen LogP contribution in [0.5, 0.6) is 0 Å². The fraction of sp³-hybridized carbons (Fsp3) is 0.333. The van der Waals surface area contributed by atoms with E-state index in [1.807, 2.05) is 0 Å². The quantitative estimate of drug-likeness (QED) is 0.587. The molecule has 0 heterocycles. The Balaban J connectivity index is 3.02. The summed E-state index contributed by atoms with van der Waals surface area (Å²) in [4.78, 5) is 9.85. The lowest BCUT2D eigenvalue weighted by molar-refractivity contribution is -0.385. The van der Waals surface area contributed by atoms with E-state index in [0.717, 1.165) is 6.07 Å². The van der Waals surface area contributed by atoms with Gasteiger partial charge in [-0.3, -0.25) is 10.1 Å². The van der Waals surface area contributed by atoms with Gasteiger partial charge in [-0.25, -0.2) is 4.39 Å². The Kier molecular flexibility index (Phi) is 3.56. The molecule has 1 rings (SSSR count). The van der Waals surface area contributed by atoms with Gasteiger partial charge in [0.1, 0.15) is 0 Å². The fourth-order valence-electron chi connectivity index (χ4n) is 1.19. The predicted molar refractivity (Wildman–Crippen MR) is 53.4 cm³/mol. The number of benzene rings is 1. The topological polar surface area (TPSA) is 75.4 Å². The monoisotopic (exact) mass is 214 g/mol. The molecular formula is C9H11FN2O3. The highest BCUT2D eigenvalue weighted by atomic mass is 19.1. The molecule has 0 aliphatic rings. The van der Waals surface area contributed by atoms with E-state index in [1.165, 1.54) is 13.0 Å². The third kappa shape index (κ3) is 2.63. The minimum absolute atomic E-state index is 0.129. The maximum absolute atomic E-state index is 13.3. The average molecular weight is 214 g/mol. The number of nitrogens with one attached hydrogen (secondary N) is 1. The Morgan fingerprint density at radius 2 is 2.27 bits per heavy atom. The van der Waals surface area contributed by atoms with Crippen molar-refractivity contribution in [2.24, 2.45) is 0 Å². The lowest BCUT2D eigenvalue weighted by Crippen LogP contribution is -2.07. The van der Waals surface area contributed by atoms with Crippen molar-refractivity contribution >= 4 is 11.4 Å². The van der Waals surface area contributed by atoms with Gasteiger partial charge in [-0.2, -0.15) is 0 Å². The first-order valence-corrected chi connectivity index (χ1v) is 4.35. The molecule has 0 saturated heterocycles. The summed E-state index contributed by atoms with van der Waals surface area (Å²) < 4.78 is 13.3. The predicted octanol–water partition coefficient (Wildman–Crippen LogP) is 1.45. The summed E-state index contributed by atoms with van der Waals surface area (Å²) in [5.41, 5.74) is 0.288. The summed E-state index contributed by atoms with van der Waals surface area (Å²) in [6, 6.07) is 2.22. The molecule has 0 aliphatic carbocycles. The molecule has 2 N–H and O–H groups in total. The number of halogens is 1. The van der Waals surface area contributed by atoms with Gasteiger partial charge in [0.25, 0.3) is 5.69 Å². The highest BCUT2D eigenvalue weighted by Gasteiger charge is 2.14. The summed E-state index contributed by atoms with van der Waals surface area (Å²) in [5.74, 6) is -0.694. The standard InChI is InChI=1S/C9H11FN2O3/c1-6-4-8(11-2-3-13)7(10)5-9(6)12(14)15/h4-5,11,13H,2-3H2,1H3. The number of nitro groups is 1. The van der Waals surface area contributed by atoms with Gasteiger partial charge >= 0.3 is 0 Å². The first-order valence-electron chi connectivity index (χ1n) is 4.35. The zero-order valence-electron chi connectivity index (χ0n) is 8.16. The molecule has 1 aromatic rings.